The Hall–Kier alpha value is -1.86. The number of aryl methyl sites for hydroxylation is 2. The molecule has 0 saturated carbocycles. The fourth-order valence-electron chi connectivity index (χ4n) is 1.93. The Morgan fingerprint density at radius 2 is 2.10 bits per heavy atom. The third kappa shape index (κ3) is 3.58. The summed E-state index contributed by atoms with van der Waals surface area (Å²) in [7, 11) is -1.71. The molecule has 20 heavy (non-hydrogen) atoms. The Balaban J connectivity index is 2.03. The summed E-state index contributed by atoms with van der Waals surface area (Å²) in [5, 5.41) is 4.19. The number of nitrogens with two attached hydrogens (primary N) is 1. The summed E-state index contributed by atoms with van der Waals surface area (Å²) in [4.78, 5) is 0.191. The van der Waals surface area contributed by atoms with E-state index in [1.54, 1.807) is 16.8 Å². The molecule has 1 aromatic carbocycles. The normalized spacial score (nSPS) is 11.7. The zero-order chi connectivity index (χ0) is 14.8. The SMILES string of the molecule is Cc1cc(N)cc(S(=O)(=O)NCCc2ccn(C)n2)c1. The van der Waals surface area contributed by atoms with E-state index in [4.69, 9.17) is 5.73 Å². The lowest BCUT2D eigenvalue weighted by molar-refractivity contribution is 0.581. The molecule has 2 aromatic rings. The number of nitrogen functional groups attached to an aromatic ring is 1. The number of nitrogens with one attached hydrogen (secondary N) is 1. The molecular formula is C13H18N4O2S. The molecule has 1 aromatic heterocycles. The average Bonchev–Trinajstić information content (AvgIpc) is 2.73. The van der Waals surface area contributed by atoms with Crippen molar-refractivity contribution in [2.45, 2.75) is 18.2 Å². The van der Waals surface area contributed by atoms with Gasteiger partial charge in [0.25, 0.3) is 0 Å². The first-order chi connectivity index (χ1) is 9.37. The van der Waals surface area contributed by atoms with Crippen LogP contribution in [-0.2, 0) is 23.5 Å². The number of benzene rings is 1. The fraction of sp³-hybridized carbons (Fsp3) is 0.308. The van der Waals surface area contributed by atoms with Crippen molar-refractivity contribution >= 4 is 15.7 Å². The van der Waals surface area contributed by atoms with E-state index < -0.39 is 10.0 Å². The monoisotopic (exact) mass is 294 g/mol. The van der Waals surface area contributed by atoms with Gasteiger partial charge in [-0.05, 0) is 36.8 Å². The van der Waals surface area contributed by atoms with Gasteiger partial charge in [-0.2, -0.15) is 5.10 Å². The molecule has 2 rings (SSSR count). The molecule has 0 saturated heterocycles. The molecule has 0 atom stereocenters. The highest BCUT2D eigenvalue weighted by molar-refractivity contribution is 7.89. The van der Waals surface area contributed by atoms with E-state index in [9.17, 15) is 8.42 Å². The van der Waals surface area contributed by atoms with Crippen molar-refractivity contribution in [3.63, 3.8) is 0 Å². The minimum absolute atomic E-state index is 0.191. The second kappa shape index (κ2) is 5.64. The number of sulfonamides is 1. The van der Waals surface area contributed by atoms with Crippen molar-refractivity contribution in [3.8, 4) is 0 Å². The third-order valence-electron chi connectivity index (χ3n) is 2.83. The minimum Gasteiger partial charge on any atom is -0.399 e. The number of aromatic nitrogens is 2. The maximum absolute atomic E-state index is 12.1. The number of rotatable bonds is 5. The molecule has 0 amide bonds. The Bertz CT molecular complexity index is 687. The Kier molecular flexibility index (Phi) is 4.10. The van der Waals surface area contributed by atoms with Gasteiger partial charge in [-0.15, -0.1) is 0 Å². The molecule has 0 aliphatic carbocycles. The smallest absolute Gasteiger partial charge is 0.240 e. The van der Waals surface area contributed by atoms with Crippen LogP contribution in [-0.4, -0.2) is 24.7 Å². The van der Waals surface area contributed by atoms with Crippen molar-refractivity contribution in [2.24, 2.45) is 7.05 Å². The fourth-order valence-corrected chi connectivity index (χ4v) is 3.09. The van der Waals surface area contributed by atoms with Crippen LogP contribution in [0.1, 0.15) is 11.3 Å². The molecular weight excluding hydrogens is 276 g/mol. The Morgan fingerprint density at radius 3 is 2.70 bits per heavy atom. The van der Waals surface area contributed by atoms with Crippen LogP contribution in [0.5, 0.6) is 0 Å². The number of nitrogens with zero attached hydrogens (tertiary/aromatic N) is 2. The second-order valence-electron chi connectivity index (χ2n) is 4.71. The van der Waals surface area contributed by atoms with Gasteiger partial charge in [0.2, 0.25) is 10.0 Å². The van der Waals surface area contributed by atoms with E-state index in [0.29, 0.717) is 18.7 Å². The van der Waals surface area contributed by atoms with Crippen LogP contribution in [0.25, 0.3) is 0 Å². The Morgan fingerprint density at radius 1 is 1.35 bits per heavy atom. The average molecular weight is 294 g/mol. The van der Waals surface area contributed by atoms with Gasteiger partial charge in [-0.3, -0.25) is 4.68 Å². The number of hydrogen-bond acceptors (Lipinski definition) is 4. The standard InChI is InChI=1S/C13H18N4O2S/c1-10-7-11(14)9-13(8-10)20(18,19)15-5-3-12-4-6-17(2)16-12/h4,6-9,15H,3,5,14H2,1-2H3. The quantitative estimate of drug-likeness (QED) is 0.799. The van der Waals surface area contributed by atoms with Crippen LogP contribution >= 0.6 is 0 Å². The van der Waals surface area contributed by atoms with Crippen molar-refractivity contribution in [1.82, 2.24) is 14.5 Å². The van der Waals surface area contributed by atoms with Crippen molar-refractivity contribution in [2.75, 3.05) is 12.3 Å². The van der Waals surface area contributed by atoms with Gasteiger partial charge in [0.05, 0.1) is 10.6 Å². The van der Waals surface area contributed by atoms with Gasteiger partial charge in [-0.1, -0.05) is 0 Å². The lowest BCUT2D eigenvalue weighted by Gasteiger charge is -2.08. The van der Waals surface area contributed by atoms with E-state index in [2.05, 4.69) is 9.82 Å². The predicted octanol–water partition coefficient (Wildman–Crippen LogP) is 0.832. The highest BCUT2D eigenvalue weighted by atomic mass is 32.2. The van der Waals surface area contributed by atoms with Crippen molar-refractivity contribution in [1.29, 1.82) is 0 Å². The topological polar surface area (TPSA) is 90.0 Å². The predicted molar refractivity (Wildman–Crippen MR) is 77.7 cm³/mol. The maximum atomic E-state index is 12.1. The van der Waals surface area contributed by atoms with E-state index in [0.717, 1.165) is 11.3 Å². The molecule has 0 aliphatic rings. The van der Waals surface area contributed by atoms with E-state index in [1.807, 2.05) is 26.2 Å². The van der Waals surface area contributed by atoms with E-state index in [1.165, 1.54) is 6.07 Å². The van der Waals surface area contributed by atoms with Crippen LogP contribution in [0, 0.1) is 6.92 Å². The molecule has 108 valence electrons. The Labute approximate surface area is 118 Å². The molecule has 7 heteroatoms. The zero-order valence-electron chi connectivity index (χ0n) is 11.5. The van der Waals surface area contributed by atoms with Crippen LogP contribution in [0.15, 0.2) is 35.4 Å². The van der Waals surface area contributed by atoms with E-state index in [-0.39, 0.29) is 4.90 Å². The molecule has 0 fully saturated rings. The largest absolute Gasteiger partial charge is 0.399 e. The molecule has 0 bridgehead atoms. The maximum Gasteiger partial charge on any atom is 0.240 e. The summed E-state index contributed by atoms with van der Waals surface area (Å²) in [6.07, 6.45) is 2.37. The van der Waals surface area contributed by atoms with Gasteiger partial charge < -0.3 is 5.73 Å². The molecule has 6 nitrogen and oxygen atoms in total. The molecule has 0 aliphatic heterocycles. The lowest BCUT2D eigenvalue weighted by atomic mass is 10.2. The van der Waals surface area contributed by atoms with Crippen LogP contribution in [0.3, 0.4) is 0 Å². The summed E-state index contributed by atoms with van der Waals surface area (Å²) in [6, 6.07) is 6.64. The summed E-state index contributed by atoms with van der Waals surface area (Å²) >= 11 is 0. The number of hydrogen-bond donors (Lipinski definition) is 2. The summed E-state index contributed by atoms with van der Waals surface area (Å²) in [6.45, 7) is 2.11. The van der Waals surface area contributed by atoms with Gasteiger partial charge in [0, 0.05) is 31.9 Å². The molecule has 0 unspecified atom stereocenters. The molecule has 3 N–H and O–H groups in total. The van der Waals surface area contributed by atoms with Gasteiger partial charge in [-0.25, -0.2) is 13.1 Å². The van der Waals surface area contributed by atoms with Crippen LogP contribution < -0.4 is 10.5 Å². The molecule has 0 radical (unpaired) electrons. The highest BCUT2D eigenvalue weighted by Crippen LogP contribution is 2.16. The lowest BCUT2D eigenvalue weighted by Crippen LogP contribution is -2.26. The zero-order valence-corrected chi connectivity index (χ0v) is 12.3. The summed E-state index contributed by atoms with van der Waals surface area (Å²) < 4.78 is 28.5. The van der Waals surface area contributed by atoms with Crippen LogP contribution in [0.4, 0.5) is 5.69 Å². The number of anilines is 1. The van der Waals surface area contributed by atoms with E-state index >= 15 is 0 Å². The van der Waals surface area contributed by atoms with Crippen molar-refractivity contribution in [3.05, 3.63) is 41.7 Å². The van der Waals surface area contributed by atoms with Gasteiger partial charge >= 0.3 is 0 Å². The summed E-state index contributed by atoms with van der Waals surface area (Å²) in [5.41, 5.74) is 7.77. The first kappa shape index (κ1) is 14.5. The second-order valence-corrected chi connectivity index (χ2v) is 6.47. The minimum atomic E-state index is -3.53. The van der Waals surface area contributed by atoms with Crippen LogP contribution in [0.2, 0.25) is 0 Å². The van der Waals surface area contributed by atoms with Gasteiger partial charge in [0.15, 0.2) is 0 Å². The third-order valence-corrected chi connectivity index (χ3v) is 4.27. The molecule has 0 spiro atoms. The van der Waals surface area contributed by atoms with Gasteiger partial charge in [0.1, 0.15) is 0 Å². The highest BCUT2D eigenvalue weighted by Gasteiger charge is 2.14. The van der Waals surface area contributed by atoms with Crippen molar-refractivity contribution < 1.29 is 8.42 Å². The summed E-state index contributed by atoms with van der Waals surface area (Å²) in [5.74, 6) is 0. The first-order valence-electron chi connectivity index (χ1n) is 6.22. The first-order valence-corrected chi connectivity index (χ1v) is 7.70. The molecule has 1 heterocycles.